The molecule has 1 fully saturated rings. The highest BCUT2D eigenvalue weighted by Gasteiger charge is 2.47. The van der Waals surface area contributed by atoms with Crippen LogP contribution in [0.1, 0.15) is 29.7 Å². The molecule has 0 spiro atoms. The minimum atomic E-state index is -0.820. The van der Waals surface area contributed by atoms with E-state index in [1.54, 1.807) is 48.5 Å². The van der Waals surface area contributed by atoms with Crippen molar-refractivity contribution < 1.29 is 24.2 Å². The van der Waals surface area contributed by atoms with Gasteiger partial charge in [0.05, 0.1) is 25.3 Å². The van der Waals surface area contributed by atoms with Gasteiger partial charge in [0.1, 0.15) is 17.3 Å². The molecule has 1 aliphatic heterocycles. The van der Waals surface area contributed by atoms with E-state index >= 15 is 0 Å². The van der Waals surface area contributed by atoms with E-state index in [0.29, 0.717) is 34.9 Å². The molecule has 3 aromatic carbocycles. The number of ketones is 1. The Balaban J connectivity index is 1.93. The number of hydrogen-bond acceptors (Lipinski definition) is 5. The van der Waals surface area contributed by atoms with Crippen molar-refractivity contribution >= 4 is 23.1 Å². The predicted octanol–water partition coefficient (Wildman–Crippen LogP) is 5.03. The Morgan fingerprint density at radius 1 is 0.970 bits per heavy atom. The average molecular weight is 443 g/mol. The molecule has 1 N–H and O–H groups in total. The van der Waals surface area contributed by atoms with Crippen LogP contribution >= 0.6 is 0 Å². The number of methoxy groups -OCH3 is 1. The number of carbonyl (C=O) groups is 2. The van der Waals surface area contributed by atoms with Crippen molar-refractivity contribution in [1.29, 1.82) is 0 Å². The van der Waals surface area contributed by atoms with Gasteiger partial charge in [-0.1, -0.05) is 42.0 Å². The molecule has 1 atom stereocenters. The van der Waals surface area contributed by atoms with E-state index in [9.17, 15) is 14.7 Å². The Kier molecular flexibility index (Phi) is 6.18. The molecule has 1 unspecified atom stereocenters. The highest BCUT2D eigenvalue weighted by molar-refractivity contribution is 6.51. The number of aliphatic hydroxyl groups is 1. The maximum absolute atomic E-state index is 13.2. The number of anilines is 1. The van der Waals surface area contributed by atoms with E-state index in [1.165, 1.54) is 12.0 Å². The molecule has 0 saturated carbocycles. The van der Waals surface area contributed by atoms with Crippen molar-refractivity contribution in [1.82, 2.24) is 0 Å². The number of aryl methyl sites for hydroxylation is 1. The molecule has 4 rings (SSSR count). The van der Waals surface area contributed by atoms with Gasteiger partial charge < -0.3 is 14.6 Å². The first-order valence-corrected chi connectivity index (χ1v) is 10.7. The summed E-state index contributed by atoms with van der Waals surface area (Å²) in [5, 5.41) is 11.2. The Bertz CT molecular complexity index is 1230. The summed E-state index contributed by atoms with van der Waals surface area (Å²) in [6.07, 6.45) is 0. The molecule has 33 heavy (non-hydrogen) atoms. The Labute approximate surface area is 192 Å². The van der Waals surface area contributed by atoms with Crippen LogP contribution < -0.4 is 14.4 Å². The molecule has 0 bridgehead atoms. The Hall–Kier alpha value is -4.06. The quantitative estimate of drug-likeness (QED) is 0.329. The molecule has 1 saturated heterocycles. The average Bonchev–Trinajstić information content (AvgIpc) is 3.10. The van der Waals surface area contributed by atoms with Gasteiger partial charge in [0.25, 0.3) is 11.7 Å². The highest BCUT2D eigenvalue weighted by Crippen LogP contribution is 2.43. The zero-order valence-corrected chi connectivity index (χ0v) is 18.7. The maximum Gasteiger partial charge on any atom is 0.300 e. The summed E-state index contributed by atoms with van der Waals surface area (Å²) in [4.78, 5) is 27.9. The lowest BCUT2D eigenvalue weighted by molar-refractivity contribution is -0.132. The number of hydrogen-bond donors (Lipinski definition) is 1. The van der Waals surface area contributed by atoms with Gasteiger partial charge >= 0.3 is 0 Å². The first kappa shape index (κ1) is 22.1. The van der Waals surface area contributed by atoms with Crippen LogP contribution in [0.4, 0.5) is 5.69 Å². The number of rotatable bonds is 6. The summed E-state index contributed by atoms with van der Waals surface area (Å²) in [5.74, 6) is -0.556. The van der Waals surface area contributed by atoms with Crippen molar-refractivity contribution in [2.24, 2.45) is 0 Å². The minimum absolute atomic E-state index is 0.0162. The molecule has 168 valence electrons. The number of amides is 1. The van der Waals surface area contributed by atoms with Gasteiger partial charge in [0.2, 0.25) is 0 Å². The lowest BCUT2D eigenvalue weighted by Gasteiger charge is -2.26. The van der Waals surface area contributed by atoms with E-state index < -0.39 is 17.7 Å². The fourth-order valence-corrected chi connectivity index (χ4v) is 3.99. The second-order valence-corrected chi connectivity index (χ2v) is 7.74. The number of Topliss-reactive ketones (excluding diaryl/α,β-unsaturated/α-hetero) is 1. The van der Waals surface area contributed by atoms with Gasteiger partial charge in [-0.2, -0.15) is 0 Å². The molecule has 0 aromatic heterocycles. The molecule has 1 heterocycles. The summed E-state index contributed by atoms with van der Waals surface area (Å²) in [6, 6.07) is 20.5. The van der Waals surface area contributed by atoms with Crippen LogP contribution in [0.25, 0.3) is 5.76 Å². The fraction of sp³-hybridized carbons (Fsp3) is 0.185. The molecule has 6 heteroatoms. The zero-order valence-electron chi connectivity index (χ0n) is 18.7. The first-order valence-electron chi connectivity index (χ1n) is 10.7. The monoisotopic (exact) mass is 443 g/mol. The second kappa shape index (κ2) is 9.20. The number of aliphatic hydroxyl groups excluding tert-OH is 1. The SMILES string of the molecule is CCOc1cccc(C2/C(=C(/O)c3cccc(OC)c3)C(=O)C(=O)N2c2ccc(C)cc2)c1. The van der Waals surface area contributed by atoms with E-state index in [0.717, 1.165) is 5.56 Å². The summed E-state index contributed by atoms with van der Waals surface area (Å²) < 4.78 is 10.9. The van der Waals surface area contributed by atoms with Crippen LogP contribution in [0.2, 0.25) is 0 Å². The van der Waals surface area contributed by atoms with Crippen LogP contribution in [0.15, 0.2) is 78.4 Å². The second-order valence-electron chi connectivity index (χ2n) is 7.74. The normalized spacial score (nSPS) is 17.3. The molecular weight excluding hydrogens is 418 g/mol. The van der Waals surface area contributed by atoms with Crippen LogP contribution in [-0.2, 0) is 9.59 Å². The van der Waals surface area contributed by atoms with Crippen LogP contribution in [-0.4, -0.2) is 30.5 Å². The standard InChI is InChI=1S/C27H25NO5/c1-4-33-22-10-5-7-18(15-22)24-23(25(29)19-8-6-9-21(16-19)32-3)26(30)27(31)28(24)20-13-11-17(2)12-14-20/h5-16,24,29H,4H2,1-3H3/b25-23-. The third-order valence-corrected chi connectivity index (χ3v) is 5.58. The molecular formula is C27H25NO5. The van der Waals surface area contributed by atoms with Gasteiger partial charge in [-0.25, -0.2) is 0 Å². The lowest BCUT2D eigenvalue weighted by atomic mass is 9.95. The van der Waals surface area contributed by atoms with Crippen molar-refractivity contribution in [3.8, 4) is 11.5 Å². The van der Waals surface area contributed by atoms with Gasteiger partial charge in [-0.05, 0) is 55.8 Å². The largest absolute Gasteiger partial charge is 0.507 e. The molecule has 0 aliphatic carbocycles. The summed E-state index contributed by atoms with van der Waals surface area (Å²) in [5.41, 5.74) is 2.66. The van der Waals surface area contributed by atoms with Gasteiger partial charge in [0, 0.05) is 11.3 Å². The molecule has 1 aliphatic rings. The first-order chi connectivity index (χ1) is 15.9. The summed E-state index contributed by atoms with van der Waals surface area (Å²) in [7, 11) is 1.52. The number of ether oxygens (including phenoxy) is 2. The van der Waals surface area contributed by atoms with E-state index in [1.807, 2.05) is 38.1 Å². The molecule has 1 amide bonds. The predicted molar refractivity (Wildman–Crippen MR) is 127 cm³/mol. The molecule has 3 aromatic rings. The summed E-state index contributed by atoms with van der Waals surface area (Å²) >= 11 is 0. The topological polar surface area (TPSA) is 76.1 Å². The van der Waals surface area contributed by atoms with Gasteiger partial charge in [-0.3, -0.25) is 14.5 Å². The number of carbonyl (C=O) groups excluding carboxylic acids is 2. The fourth-order valence-electron chi connectivity index (χ4n) is 3.99. The van der Waals surface area contributed by atoms with Gasteiger partial charge in [-0.15, -0.1) is 0 Å². The van der Waals surface area contributed by atoms with E-state index in [-0.39, 0.29) is 11.3 Å². The Morgan fingerprint density at radius 3 is 2.36 bits per heavy atom. The lowest BCUT2D eigenvalue weighted by Crippen LogP contribution is -2.29. The van der Waals surface area contributed by atoms with Gasteiger partial charge in [0.15, 0.2) is 0 Å². The highest BCUT2D eigenvalue weighted by atomic mass is 16.5. The van der Waals surface area contributed by atoms with Crippen LogP contribution in [0.3, 0.4) is 0 Å². The molecule has 0 radical (unpaired) electrons. The number of benzene rings is 3. The van der Waals surface area contributed by atoms with Crippen molar-refractivity contribution in [2.45, 2.75) is 19.9 Å². The third-order valence-electron chi connectivity index (χ3n) is 5.58. The zero-order chi connectivity index (χ0) is 23.5. The smallest absolute Gasteiger partial charge is 0.300 e. The van der Waals surface area contributed by atoms with Crippen molar-refractivity contribution in [3.05, 3.63) is 95.1 Å². The summed E-state index contributed by atoms with van der Waals surface area (Å²) in [6.45, 7) is 4.31. The third kappa shape index (κ3) is 4.20. The van der Waals surface area contributed by atoms with Crippen LogP contribution in [0, 0.1) is 6.92 Å². The maximum atomic E-state index is 13.2. The molecule has 6 nitrogen and oxygen atoms in total. The van der Waals surface area contributed by atoms with E-state index in [4.69, 9.17) is 9.47 Å². The minimum Gasteiger partial charge on any atom is -0.507 e. The van der Waals surface area contributed by atoms with E-state index in [2.05, 4.69) is 0 Å². The Morgan fingerprint density at radius 2 is 1.67 bits per heavy atom. The van der Waals surface area contributed by atoms with Crippen LogP contribution in [0.5, 0.6) is 11.5 Å². The number of nitrogens with zero attached hydrogens (tertiary/aromatic N) is 1. The van der Waals surface area contributed by atoms with Crippen molar-refractivity contribution in [2.75, 3.05) is 18.6 Å². The van der Waals surface area contributed by atoms with Crippen molar-refractivity contribution in [3.63, 3.8) is 0 Å².